The Kier molecular flexibility index (Phi) is 4.87. The van der Waals surface area contributed by atoms with Crippen molar-refractivity contribution < 1.29 is 22.3 Å². The zero-order valence-electron chi connectivity index (χ0n) is 15.1. The Labute approximate surface area is 164 Å². The van der Waals surface area contributed by atoms with Gasteiger partial charge in [0.25, 0.3) is 0 Å². The molecule has 0 spiro atoms. The van der Waals surface area contributed by atoms with Crippen molar-refractivity contribution in [2.45, 2.75) is 38.5 Å². The summed E-state index contributed by atoms with van der Waals surface area (Å²) in [5.41, 5.74) is 0.0353. The fraction of sp³-hybridized carbons (Fsp3) is 0.684. The van der Waals surface area contributed by atoms with E-state index in [0.717, 1.165) is 43.1 Å². The summed E-state index contributed by atoms with van der Waals surface area (Å²) in [5.74, 6) is -0.783. The Balaban J connectivity index is 1.58. The maximum atomic E-state index is 14.6. The van der Waals surface area contributed by atoms with Gasteiger partial charge in [-0.05, 0) is 62.4 Å². The lowest BCUT2D eigenvalue weighted by molar-refractivity contribution is -0.121. The first-order valence-corrected chi connectivity index (χ1v) is 10.9. The van der Waals surface area contributed by atoms with E-state index in [1.54, 1.807) is 0 Å². The summed E-state index contributed by atoms with van der Waals surface area (Å²) < 4.78 is 43.7. The molecule has 5 rings (SSSR count). The second-order valence-electron chi connectivity index (χ2n) is 8.55. The number of rotatable bonds is 4. The molecule has 8 heteroatoms. The van der Waals surface area contributed by atoms with Gasteiger partial charge in [-0.15, -0.1) is 0 Å². The molecule has 0 aromatic carbocycles. The van der Waals surface area contributed by atoms with Crippen molar-refractivity contribution in [3.8, 4) is 0 Å². The lowest BCUT2D eigenvalue weighted by Gasteiger charge is -2.56. The summed E-state index contributed by atoms with van der Waals surface area (Å²) in [6, 6.07) is 0. The standard InChI is InChI=1S/C19H23ClFNO4S/c1-22-18(23)13-5-14(21)16(15(20)17(13)27(24)25)26-9-19-6-10-2-11(7-19)4-12(3-10)8-19/h5,10-13H,2-4,6-9H2,1H3,(H,22,23). The van der Waals surface area contributed by atoms with Gasteiger partial charge in [0.15, 0.2) is 11.6 Å². The van der Waals surface area contributed by atoms with Gasteiger partial charge in [0, 0.05) is 12.5 Å². The molecule has 4 saturated carbocycles. The van der Waals surface area contributed by atoms with E-state index in [1.165, 1.54) is 26.3 Å². The fourth-order valence-electron chi connectivity index (χ4n) is 6.00. The third-order valence-electron chi connectivity index (χ3n) is 6.62. The first-order chi connectivity index (χ1) is 12.8. The van der Waals surface area contributed by atoms with Crippen LogP contribution >= 0.6 is 11.6 Å². The fourth-order valence-corrected chi connectivity index (χ4v) is 7.08. The molecule has 148 valence electrons. The molecule has 5 aliphatic rings. The largest absolute Gasteiger partial charge is 0.488 e. The summed E-state index contributed by atoms with van der Waals surface area (Å²) in [5, 5.41) is 2.00. The van der Waals surface area contributed by atoms with Crippen molar-refractivity contribution in [1.29, 1.82) is 0 Å². The van der Waals surface area contributed by atoms with Crippen LogP contribution in [-0.2, 0) is 19.8 Å². The number of carbonyl (C=O) groups is 1. The van der Waals surface area contributed by atoms with Crippen LogP contribution in [-0.4, -0.2) is 32.8 Å². The van der Waals surface area contributed by atoms with E-state index in [1.807, 2.05) is 0 Å². The number of amides is 1. The van der Waals surface area contributed by atoms with Crippen LogP contribution in [0.4, 0.5) is 4.39 Å². The number of ether oxygens (including phenoxy) is 1. The SMILES string of the molecule is CNC(=O)C1C=C(F)C(OCC23CC4CC(CC(C4)C2)C3)=C(Cl)C1=S(=O)=O. The summed E-state index contributed by atoms with van der Waals surface area (Å²) in [4.78, 5) is 11.6. The minimum atomic E-state index is -2.76. The van der Waals surface area contributed by atoms with E-state index in [0.29, 0.717) is 6.61 Å². The Bertz CT molecular complexity index is 833. The molecule has 1 atom stereocenters. The predicted molar refractivity (Wildman–Crippen MR) is 100 cm³/mol. The number of hydrogen-bond acceptors (Lipinski definition) is 4. The molecule has 0 aliphatic heterocycles. The smallest absolute Gasteiger partial charge is 0.232 e. The summed E-state index contributed by atoms with van der Waals surface area (Å²) in [7, 11) is -1.40. The van der Waals surface area contributed by atoms with Gasteiger partial charge in [0.05, 0.1) is 6.61 Å². The number of hydrogen-bond donors (Lipinski definition) is 1. The van der Waals surface area contributed by atoms with E-state index in [4.69, 9.17) is 16.3 Å². The first kappa shape index (κ1) is 19.0. The molecular formula is C19H23ClFNO4S. The van der Waals surface area contributed by atoms with Crippen LogP contribution < -0.4 is 5.32 Å². The second kappa shape index (κ2) is 6.92. The number of allylic oxidation sites excluding steroid dienone is 2. The molecule has 4 fully saturated rings. The van der Waals surface area contributed by atoms with E-state index in [-0.39, 0.29) is 21.1 Å². The van der Waals surface area contributed by atoms with Gasteiger partial charge in [-0.1, -0.05) is 11.6 Å². The molecule has 4 bridgehead atoms. The summed E-state index contributed by atoms with van der Waals surface area (Å²) >= 11 is 6.18. The quantitative estimate of drug-likeness (QED) is 0.716. The van der Waals surface area contributed by atoms with Crippen molar-refractivity contribution in [2.24, 2.45) is 29.1 Å². The average molecular weight is 416 g/mol. The van der Waals surface area contributed by atoms with Gasteiger partial charge in [0.1, 0.15) is 15.8 Å². The summed E-state index contributed by atoms with van der Waals surface area (Å²) in [6.45, 7) is 0.340. The van der Waals surface area contributed by atoms with Crippen LogP contribution in [0.1, 0.15) is 38.5 Å². The number of carbonyl (C=O) groups excluding carboxylic acids is 1. The van der Waals surface area contributed by atoms with Gasteiger partial charge < -0.3 is 10.1 Å². The minimum Gasteiger partial charge on any atom is -0.488 e. The van der Waals surface area contributed by atoms with Crippen LogP contribution in [0.5, 0.6) is 0 Å². The highest BCUT2D eigenvalue weighted by molar-refractivity contribution is 7.73. The topological polar surface area (TPSA) is 72.5 Å². The maximum absolute atomic E-state index is 14.6. The van der Waals surface area contributed by atoms with Crippen molar-refractivity contribution >= 4 is 32.7 Å². The number of nitrogens with one attached hydrogen (secondary N) is 1. The van der Waals surface area contributed by atoms with Gasteiger partial charge >= 0.3 is 0 Å². The van der Waals surface area contributed by atoms with E-state index < -0.39 is 27.9 Å². The average Bonchev–Trinajstić information content (AvgIpc) is 2.58. The molecule has 1 N–H and O–H groups in total. The van der Waals surface area contributed by atoms with Gasteiger partial charge in [-0.3, -0.25) is 4.79 Å². The molecule has 1 unspecified atom stereocenters. The third-order valence-corrected chi connectivity index (χ3v) is 7.93. The molecule has 0 radical (unpaired) electrons. The Morgan fingerprint density at radius 3 is 2.30 bits per heavy atom. The molecule has 0 heterocycles. The van der Waals surface area contributed by atoms with Crippen LogP contribution in [0.3, 0.4) is 0 Å². The van der Waals surface area contributed by atoms with Crippen LogP contribution in [0.25, 0.3) is 0 Å². The van der Waals surface area contributed by atoms with Crippen LogP contribution in [0, 0.1) is 29.1 Å². The highest BCUT2D eigenvalue weighted by Gasteiger charge is 2.51. The highest BCUT2D eigenvalue weighted by atomic mass is 35.5. The third kappa shape index (κ3) is 3.33. The Morgan fingerprint density at radius 2 is 1.81 bits per heavy atom. The predicted octanol–water partition coefficient (Wildman–Crippen LogP) is 2.95. The zero-order chi connectivity index (χ0) is 19.3. The van der Waals surface area contributed by atoms with E-state index in [9.17, 15) is 17.6 Å². The van der Waals surface area contributed by atoms with Crippen molar-refractivity contribution in [3.05, 3.63) is 22.7 Å². The molecule has 5 nitrogen and oxygen atoms in total. The molecule has 0 saturated heterocycles. The molecule has 5 aliphatic carbocycles. The summed E-state index contributed by atoms with van der Waals surface area (Å²) in [6.07, 6.45) is 8.08. The molecule has 1 amide bonds. The zero-order valence-corrected chi connectivity index (χ0v) is 16.7. The van der Waals surface area contributed by atoms with Crippen molar-refractivity contribution in [3.63, 3.8) is 0 Å². The normalized spacial score (nSPS) is 37.3. The van der Waals surface area contributed by atoms with Gasteiger partial charge in [-0.2, -0.15) is 8.42 Å². The Morgan fingerprint density at radius 1 is 1.26 bits per heavy atom. The van der Waals surface area contributed by atoms with Crippen LogP contribution in [0.15, 0.2) is 22.7 Å². The monoisotopic (exact) mass is 415 g/mol. The first-order valence-electron chi connectivity index (χ1n) is 9.40. The molecule has 27 heavy (non-hydrogen) atoms. The van der Waals surface area contributed by atoms with Crippen molar-refractivity contribution in [2.75, 3.05) is 13.7 Å². The number of halogens is 2. The lowest BCUT2D eigenvalue weighted by atomic mass is 9.50. The molecule has 0 aromatic rings. The van der Waals surface area contributed by atoms with Gasteiger partial charge in [0.2, 0.25) is 16.2 Å². The highest BCUT2D eigenvalue weighted by Crippen LogP contribution is 2.60. The minimum absolute atomic E-state index is 0.0353. The van der Waals surface area contributed by atoms with Crippen LogP contribution in [0.2, 0.25) is 0 Å². The molecule has 0 aromatic heterocycles. The Hall–Kier alpha value is -1.34. The van der Waals surface area contributed by atoms with Gasteiger partial charge in [-0.25, -0.2) is 4.39 Å². The molecular weight excluding hydrogens is 393 g/mol. The van der Waals surface area contributed by atoms with E-state index in [2.05, 4.69) is 5.32 Å². The maximum Gasteiger partial charge on any atom is 0.232 e. The second-order valence-corrected chi connectivity index (χ2v) is 9.84. The lowest BCUT2D eigenvalue weighted by Crippen LogP contribution is -2.48. The van der Waals surface area contributed by atoms with Crippen molar-refractivity contribution in [1.82, 2.24) is 5.32 Å². The van der Waals surface area contributed by atoms with E-state index >= 15 is 0 Å².